The van der Waals surface area contributed by atoms with E-state index in [0.29, 0.717) is 5.02 Å². The van der Waals surface area contributed by atoms with Crippen LogP contribution in [0, 0.1) is 0 Å². The molecule has 2 rings (SSSR count). The van der Waals surface area contributed by atoms with E-state index < -0.39 is 23.4 Å². The van der Waals surface area contributed by atoms with Crippen LogP contribution >= 0.6 is 11.6 Å². The van der Waals surface area contributed by atoms with Crippen molar-refractivity contribution in [2.24, 2.45) is 5.10 Å². The minimum absolute atomic E-state index is 0.238. The SMILES string of the molecule is CC(=O)/C(=N\Nc1ccccc1C(F)(F)F)Oc1cccc(Cl)c1. The molecule has 0 aliphatic rings. The van der Waals surface area contributed by atoms with Gasteiger partial charge in [0.05, 0.1) is 11.3 Å². The van der Waals surface area contributed by atoms with Gasteiger partial charge in [-0.3, -0.25) is 10.2 Å². The number of ether oxygens (including phenoxy) is 1. The Hall–Kier alpha value is -2.54. The van der Waals surface area contributed by atoms with Gasteiger partial charge >= 0.3 is 6.18 Å². The first-order chi connectivity index (χ1) is 11.3. The van der Waals surface area contributed by atoms with Crippen LogP contribution < -0.4 is 10.2 Å². The van der Waals surface area contributed by atoms with Crippen molar-refractivity contribution in [2.75, 3.05) is 5.43 Å². The van der Waals surface area contributed by atoms with E-state index in [-0.39, 0.29) is 11.4 Å². The van der Waals surface area contributed by atoms with Gasteiger partial charge in [-0.1, -0.05) is 29.8 Å². The zero-order chi connectivity index (χ0) is 17.7. The number of alkyl halides is 3. The van der Waals surface area contributed by atoms with Crippen molar-refractivity contribution >= 4 is 29.0 Å². The second-order valence-electron chi connectivity index (χ2n) is 4.69. The molecule has 4 nitrogen and oxygen atoms in total. The third-order valence-corrected chi connectivity index (χ3v) is 3.06. The van der Waals surface area contributed by atoms with E-state index in [1.807, 2.05) is 0 Å². The van der Waals surface area contributed by atoms with Gasteiger partial charge in [0.2, 0.25) is 5.78 Å². The fourth-order valence-corrected chi connectivity index (χ4v) is 1.93. The van der Waals surface area contributed by atoms with Gasteiger partial charge in [-0.15, -0.1) is 5.10 Å². The summed E-state index contributed by atoms with van der Waals surface area (Å²) in [5, 5.41) is 4.02. The summed E-state index contributed by atoms with van der Waals surface area (Å²) in [6.07, 6.45) is -4.55. The minimum Gasteiger partial charge on any atom is -0.435 e. The molecular weight excluding hydrogens is 345 g/mol. The summed E-state index contributed by atoms with van der Waals surface area (Å²) in [6.45, 7) is 1.18. The Labute approximate surface area is 140 Å². The lowest BCUT2D eigenvalue weighted by atomic mass is 10.2. The van der Waals surface area contributed by atoms with Crippen molar-refractivity contribution in [3.8, 4) is 5.75 Å². The Balaban J connectivity index is 2.26. The summed E-state index contributed by atoms with van der Waals surface area (Å²) in [6, 6.07) is 11.0. The Morgan fingerprint density at radius 1 is 1.17 bits per heavy atom. The van der Waals surface area contributed by atoms with Gasteiger partial charge < -0.3 is 4.74 Å². The van der Waals surface area contributed by atoms with Gasteiger partial charge in [0, 0.05) is 11.9 Å². The van der Waals surface area contributed by atoms with Crippen LogP contribution in [0.1, 0.15) is 12.5 Å². The summed E-state index contributed by atoms with van der Waals surface area (Å²) >= 11 is 5.81. The van der Waals surface area contributed by atoms with Gasteiger partial charge in [-0.2, -0.15) is 13.2 Å². The number of rotatable bonds is 4. The molecule has 0 fully saturated rings. The lowest BCUT2D eigenvalue weighted by Crippen LogP contribution is -2.20. The summed E-state index contributed by atoms with van der Waals surface area (Å²) in [5.41, 5.74) is 1.03. The first-order valence-electron chi connectivity index (χ1n) is 6.71. The van der Waals surface area contributed by atoms with Crippen molar-refractivity contribution in [2.45, 2.75) is 13.1 Å². The van der Waals surface area contributed by atoms with Crippen molar-refractivity contribution in [3.05, 3.63) is 59.1 Å². The Bertz CT molecular complexity index is 776. The first kappa shape index (κ1) is 17.8. The van der Waals surface area contributed by atoms with E-state index in [9.17, 15) is 18.0 Å². The molecule has 0 heterocycles. The lowest BCUT2D eigenvalue weighted by molar-refractivity contribution is -0.137. The number of ketones is 1. The van der Waals surface area contributed by atoms with E-state index in [1.54, 1.807) is 12.1 Å². The summed E-state index contributed by atoms with van der Waals surface area (Å²) in [5.74, 6) is -0.719. The Morgan fingerprint density at radius 2 is 1.88 bits per heavy atom. The van der Waals surface area contributed by atoms with E-state index in [0.717, 1.165) is 6.07 Å². The smallest absolute Gasteiger partial charge is 0.418 e. The molecule has 0 aliphatic carbocycles. The molecule has 0 aliphatic heterocycles. The Kier molecular flexibility index (Phi) is 5.46. The standard InChI is InChI=1S/C16H12ClF3N2O2/c1-10(23)15(24-12-6-4-5-11(17)9-12)22-21-14-8-3-2-7-13(14)16(18,19)20/h2-9,21H,1H3/b22-15+. The molecule has 0 saturated carbocycles. The van der Waals surface area contributed by atoms with Crippen LogP contribution in [0.25, 0.3) is 0 Å². The molecular formula is C16H12ClF3N2O2. The molecule has 2 aromatic carbocycles. The highest BCUT2D eigenvalue weighted by molar-refractivity contribution is 6.36. The van der Waals surface area contributed by atoms with Crippen LogP contribution in [0.5, 0.6) is 5.75 Å². The minimum atomic E-state index is -4.55. The first-order valence-corrected chi connectivity index (χ1v) is 7.09. The molecule has 24 heavy (non-hydrogen) atoms. The number of para-hydroxylation sites is 1. The van der Waals surface area contributed by atoms with Crippen LogP contribution in [0.4, 0.5) is 18.9 Å². The number of anilines is 1. The highest BCUT2D eigenvalue weighted by Gasteiger charge is 2.33. The topological polar surface area (TPSA) is 50.7 Å². The fraction of sp³-hybridized carbons (Fsp3) is 0.125. The van der Waals surface area contributed by atoms with Crippen molar-refractivity contribution < 1.29 is 22.7 Å². The number of benzene rings is 2. The lowest BCUT2D eigenvalue weighted by Gasteiger charge is -2.12. The number of carbonyl (C=O) groups excluding carboxylic acids is 1. The molecule has 0 aromatic heterocycles. The fourth-order valence-electron chi connectivity index (χ4n) is 1.75. The van der Waals surface area contributed by atoms with Crippen molar-refractivity contribution in [3.63, 3.8) is 0 Å². The summed E-state index contributed by atoms with van der Waals surface area (Å²) in [4.78, 5) is 11.6. The molecule has 2 aromatic rings. The maximum absolute atomic E-state index is 12.9. The normalized spacial score (nSPS) is 12.0. The average molecular weight is 357 g/mol. The van der Waals surface area contributed by atoms with Gasteiger partial charge in [0.25, 0.3) is 5.90 Å². The van der Waals surface area contributed by atoms with Crippen LogP contribution in [0.15, 0.2) is 53.6 Å². The molecule has 0 spiro atoms. The highest BCUT2D eigenvalue weighted by atomic mass is 35.5. The zero-order valence-corrected chi connectivity index (χ0v) is 13.2. The molecule has 8 heteroatoms. The molecule has 0 bridgehead atoms. The molecule has 0 amide bonds. The van der Waals surface area contributed by atoms with Crippen LogP contribution in [-0.4, -0.2) is 11.7 Å². The molecule has 0 unspecified atom stereocenters. The largest absolute Gasteiger partial charge is 0.435 e. The zero-order valence-electron chi connectivity index (χ0n) is 12.4. The summed E-state index contributed by atoms with van der Waals surface area (Å²) < 4.78 is 44.0. The predicted molar refractivity (Wildman–Crippen MR) is 85.3 cm³/mol. The molecule has 1 N–H and O–H groups in total. The number of nitrogens with zero attached hydrogens (tertiary/aromatic N) is 1. The number of hydrogen-bond acceptors (Lipinski definition) is 4. The van der Waals surface area contributed by atoms with E-state index in [4.69, 9.17) is 16.3 Å². The van der Waals surface area contributed by atoms with Gasteiger partial charge in [-0.05, 0) is 30.3 Å². The quantitative estimate of drug-likeness (QED) is 0.488. The molecule has 126 valence electrons. The van der Waals surface area contributed by atoms with Crippen LogP contribution in [-0.2, 0) is 11.0 Å². The maximum atomic E-state index is 12.9. The molecule has 0 saturated heterocycles. The monoisotopic (exact) mass is 356 g/mol. The van der Waals surface area contributed by atoms with E-state index in [2.05, 4.69) is 10.5 Å². The number of carbonyl (C=O) groups is 1. The van der Waals surface area contributed by atoms with Crippen LogP contribution in [0.2, 0.25) is 5.02 Å². The third-order valence-electron chi connectivity index (χ3n) is 2.82. The predicted octanol–water partition coefficient (Wildman–Crippen LogP) is 4.75. The molecule has 0 atom stereocenters. The maximum Gasteiger partial charge on any atom is 0.418 e. The van der Waals surface area contributed by atoms with Crippen LogP contribution in [0.3, 0.4) is 0 Å². The number of halogens is 4. The second-order valence-corrected chi connectivity index (χ2v) is 5.12. The van der Waals surface area contributed by atoms with E-state index in [1.165, 1.54) is 37.3 Å². The highest BCUT2D eigenvalue weighted by Crippen LogP contribution is 2.34. The number of hydrogen-bond donors (Lipinski definition) is 1. The Morgan fingerprint density at radius 3 is 2.50 bits per heavy atom. The number of Topliss-reactive ketones (excluding diaryl/α,β-unsaturated/α-hetero) is 1. The third kappa shape index (κ3) is 4.73. The average Bonchev–Trinajstić information content (AvgIpc) is 2.50. The van der Waals surface area contributed by atoms with E-state index >= 15 is 0 Å². The van der Waals surface area contributed by atoms with Gasteiger partial charge in [0.1, 0.15) is 5.75 Å². The molecule has 0 radical (unpaired) electrons. The summed E-state index contributed by atoms with van der Waals surface area (Å²) in [7, 11) is 0. The number of hydrazone groups is 1. The number of nitrogens with one attached hydrogen (secondary N) is 1. The van der Waals surface area contributed by atoms with Gasteiger partial charge in [-0.25, -0.2) is 0 Å². The second kappa shape index (κ2) is 7.35. The van der Waals surface area contributed by atoms with Crippen molar-refractivity contribution in [1.82, 2.24) is 0 Å². The van der Waals surface area contributed by atoms with Crippen molar-refractivity contribution in [1.29, 1.82) is 0 Å². The van der Waals surface area contributed by atoms with Gasteiger partial charge in [0.15, 0.2) is 0 Å².